The Morgan fingerprint density at radius 2 is 2.17 bits per heavy atom. The minimum Gasteiger partial charge on any atom is -0.504 e. The molecule has 4 rings (SSSR count). The maximum Gasteiger partial charge on any atom is 0.223 e. The number of nitrogens with zero attached hydrogens (tertiary/aromatic N) is 6. The summed E-state index contributed by atoms with van der Waals surface area (Å²) in [4.78, 5) is 8.40. The van der Waals surface area contributed by atoms with Gasteiger partial charge in [0.15, 0.2) is 11.5 Å². The summed E-state index contributed by atoms with van der Waals surface area (Å²) in [5, 5.41) is 22.7. The van der Waals surface area contributed by atoms with Crippen LogP contribution in [-0.2, 0) is 13.1 Å². The molecule has 1 fully saturated rings. The van der Waals surface area contributed by atoms with Crippen molar-refractivity contribution in [3.8, 4) is 23.0 Å². The van der Waals surface area contributed by atoms with E-state index in [0.29, 0.717) is 24.1 Å². The molecule has 1 N–H and O–H groups in total. The Labute approximate surface area is 170 Å². The van der Waals surface area contributed by atoms with Crippen molar-refractivity contribution in [3.05, 3.63) is 48.2 Å². The SMILES string of the molecule is CCOc1cc(CN2CCC[C@@H](Cn3nnc(-c4ccccn4)n3)C2)ccc1O. The zero-order valence-electron chi connectivity index (χ0n) is 16.6. The van der Waals surface area contributed by atoms with E-state index in [1.807, 2.05) is 37.3 Å². The number of likely N-dealkylation sites (tertiary alicyclic amines) is 1. The first-order valence-electron chi connectivity index (χ1n) is 10.1. The molecule has 0 saturated carbocycles. The molecule has 0 spiro atoms. The van der Waals surface area contributed by atoms with Crippen molar-refractivity contribution >= 4 is 0 Å². The van der Waals surface area contributed by atoms with Crippen molar-refractivity contribution in [2.45, 2.75) is 32.9 Å². The van der Waals surface area contributed by atoms with Crippen molar-refractivity contribution in [2.75, 3.05) is 19.7 Å². The molecule has 29 heavy (non-hydrogen) atoms. The molecule has 152 valence electrons. The highest BCUT2D eigenvalue weighted by Gasteiger charge is 2.22. The van der Waals surface area contributed by atoms with E-state index in [-0.39, 0.29) is 5.75 Å². The zero-order chi connectivity index (χ0) is 20.1. The summed E-state index contributed by atoms with van der Waals surface area (Å²) in [6, 6.07) is 11.3. The van der Waals surface area contributed by atoms with Crippen molar-refractivity contribution in [1.82, 2.24) is 30.1 Å². The van der Waals surface area contributed by atoms with E-state index in [2.05, 4.69) is 25.3 Å². The zero-order valence-corrected chi connectivity index (χ0v) is 16.6. The molecule has 1 aliphatic heterocycles. The van der Waals surface area contributed by atoms with Crippen LogP contribution in [0.2, 0.25) is 0 Å². The lowest BCUT2D eigenvalue weighted by Gasteiger charge is -2.32. The fraction of sp³-hybridized carbons (Fsp3) is 0.429. The van der Waals surface area contributed by atoms with E-state index in [1.54, 1.807) is 17.1 Å². The summed E-state index contributed by atoms with van der Waals surface area (Å²) in [6.45, 7) is 6.07. The van der Waals surface area contributed by atoms with Gasteiger partial charge in [-0.25, -0.2) is 0 Å². The van der Waals surface area contributed by atoms with E-state index < -0.39 is 0 Å². The molecule has 1 aliphatic rings. The average Bonchev–Trinajstić information content (AvgIpc) is 3.20. The number of rotatable bonds is 7. The van der Waals surface area contributed by atoms with Gasteiger partial charge in [0.2, 0.25) is 5.82 Å². The van der Waals surface area contributed by atoms with E-state index in [9.17, 15) is 5.11 Å². The second-order valence-electron chi connectivity index (χ2n) is 7.36. The molecule has 0 radical (unpaired) electrons. The lowest BCUT2D eigenvalue weighted by atomic mass is 9.97. The van der Waals surface area contributed by atoms with Gasteiger partial charge in [0, 0.05) is 19.3 Å². The van der Waals surface area contributed by atoms with Crippen molar-refractivity contribution < 1.29 is 9.84 Å². The summed E-state index contributed by atoms with van der Waals surface area (Å²) < 4.78 is 5.50. The lowest BCUT2D eigenvalue weighted by Crippen LogP contribution is -2.36. The number of hydrogen-bond donors (Lipinski definition) is 1. The van der Waals surface area contributed by atoms with Gasteiger partial charge in [-0.05, 0) is 67.3 Å². The van der Waals surface area contributed by atoms with Crippen LogP contribution in [0.3, 0.4) is 0 Å². The predicted octanol–water partition coefficient (Wildman–Crippen LogP) is 2.75. The van der Waals surface area contributed by atoms with Gasteiger partial charge >= 0.3 is 0 Å². The van der Waals surface area contributed by atoms with Crippen LogP contribution in [0.25, 0.3) is 11.5 Å². The highest BCUT2D eigenvalue weighted by Crippen LogP contribution is 2.28. The molecule has 3 heterocycles. The predicted molar refractivity (Wildman–Crippen MR) is 108 cm³/mol. The van der Waals surface area contributed by atoms with Crippen LogP contribution in [0, 0.1) is 5.92 Å². The second kappa shape index (κ2) is 9.00. The number of phenols is 1. The van der Waals surface area contributed by atoms with Crippen LogP contribution >= 0.6 is 0 Å². The van der Waals surface area contributed by atoms with E-state index in [4.69, 9.17) is 4.74 Å². The number of ether oxygens (including phenoxy) is 1. The first-order chi connectivity index (χ1) is 14.2. The molecule has 8 heteroatoms. The monoisotopic (exact) mass is 394 g/mol. The van der Waals surface area contributed by atoms with Gasteiger partial charge in [-0.3, -0.25) is 9.88 Å². The van der Waals surface area contributed by atoms with E-state index in [1.165, 1.54) is 0 Å². The molecule has 2 aromatic heterocycles. The molecule has 1 saturated heterocycles. The van der Waals surface area contributed by atoms with Crippen molar-refractivity contribution in [2.24, 2.45) is 5.92 Å². The van der Waals surface area contributed by atoms with Crippen LogP contribution in [0.4, 0.5) is 0 Å². The molecule has 0 amide bonds. The molecule has 0 bridgehead atoms. The van der Waals surface area contributed by atoms with Crippen LogP contribution in [0.5, 0.6) is 11.5 Å². The lowest BCUT2D eigenvalue weighted by molar-refractivity contribution is 0.149. The van der Waals surface area contributed by atoms with Gasteiger partial charge < -0.3 is 9.84 Å². The number of hydrogen-bond acceptors (Lipinski definition) is 7. The third-order valence-electron chi connectivity index (χ3n) is 5.10. The molecule has 3 aromatic rings. The van der Waals surface area contributed by atoms with Crippen molar-refractivity contribution in [3.63, 3.8) is 0 Å². The molecule has 0 aliphatic carbocycles. The van der Waals surface area contributed by atoms with E-state index >= 15 is 0 Å². The summed E-state index contributed by atoms with van der Waals surface area (Å²) in [6.07, 6.45) is 4.02. The van der Waals surface area contributed by atoms with E-state index in [0.717, 1.165) is 50.3 Å². The maximum atomic E-state index is 9.90. The Bertz CT molecular complexity index is 930. The topological polar surface area (TPSA) is 89.2 Å². The highest BCUT2D eigenvalue weighted by atomic mass is 16.5. The average molecular weight is 394 g/mol. The normalized spacial score (nSPS) is 17.3. The Kier molecular flexibility index (Phi) is 6.00. The standard InChI is InChI=1S/C21H26N6O2/c1-2-29-20-12-16(8-9-19(20)28)13-26-11-5-6-17(14-26)15-27-24-21(23-25-27)18-7-3-4-10-22-18/h3-4,7-10,12,17,28H,2,5-6,11,13-15H2,1H3/t17-/m1/s1. The number of piperidine rings is 1. The Hall–Kier alpha value is -3.00. The number of benzene rings is 1. The Morgan fingerprint density at radius 3 is 3.00 bits per heavy atom. The largest absolute Gasteiger partial charge is 0.504 e. The van der Waals surface area contributed by atoms with Gasteiger partial charge in [0.25, 0.3) is 0 Å². The van der Waals surface area contributed by atoms with Gasteiger partial charge in [-0.15, -0.1) is 10.2 Å². The molecular formula is C21H26N6O2. The Morgan fingerprint density at radius 1 is 1.24 bits per heavy atom. The molecule has 8 nitrogen and oxygen atoms in total. The first-order valence-corrected chi connectivity index (χ1v) is 10.1. The van der Waals surface area contributed by atoms with Crippen LogP contribution in [-0.4, -0.2) is 54.9 Å². The summed E-state index contributed by atoms with van der Waals surface area (Å²) in [5.41, 5.74) is 1.88. The van der Waals surface area contributed by atoms with Gasteiger partial charge in [-0.1, -0.05) is 12.1 Å². The number of aromatic nitrogens is 5. The van der Waals surface area contributed by atoms with Gasteiger partial charge in [-0.2, -0.15) is 4.80 Å². The number of aromatic hydroxyl groups is 1. The number of pyridine rings is 1. The van der Waals surface area contributed by atoms with Crippen LogP contribution in [0.1, 0.15) is 25.3 Å². The summed E-state index contributed by atoms with van der Waals surface area (Å²) in [5.74, 6) is 1.77. The molecule has 1 aromatic carbocycles. The van der Waals surface area contributed by atoms with Gasteiger partial charge in [0.1, 0.15) is 5.69 Å². The Balaban J connectivity index is 1.36. The first kappa shape index (κ1) is 19.3. The summed E-state index contributed by atoms with van der Waals surface area (Å²) >= 11 is 0. The fourth-order valence-electron chi connectivity index (χ4n) is 3.78. The third-order valence-corrected chi connectivity index (χ3v) is 5.10. The number of tetrazole rings is 1. The smallest absolute Gasteiger partial charge is 0.223 e. The van der Waals surface area contributed by atoms with Crippen LogP contribution < -0.4 is 4.74 Å². The van der Waals surface area contributed by atoms with Crippen molar-refractivity contribution in [1.29, 1.82) is 0 Å². The molecule has 1 atom stereocenters. The third kappa shape index (κ3) is 4.89. The minimum atomic E-state index is 0.188. The summed E-state index contributed by atoms with van der Waals surface area (Å²) in [7, 11) is 0. The minimum absolute atomic E-state index is 0.188. The van der Waals surface area contributed by atoms with Gasteiger partial charge in [0.05, 0.1) is 13.2 Å². The van der Waals surface area contributed by atoms with Crippen LogP contribution in [0.15, 0.2) is 42.6 Å². The number of phenolic OH excluding ortho intramolecular Hbond substituents is 1. The quantitative estimate of drug-likeness (QED) is 0.659. The maximum absolute atomic E-state index is 9.90. The fourth-order valence-corrected chi connectivity index (χ4v) is 3.78. The molecular weight excluding hydrogens is 368 g/mol. The molecule has 0 unspecified atom stereocenters. The highest BCUT2D eigenvalue weighted by molar-refractivity contribution is 5.46. The second-order valence-corrected chi connectivity index (χ2v) is 7.36.